The number of rotatable bonds is 5. The van der Waals surface area contributed by atoms with E-state index in [-0.39, 0.29) is 17.9 Å². The molecule has 0 spiro atoms. The first kappa shape index (κ1) is 14.1. The van der Waals surface area contributed by atoms with Crippen molar-refractivity contribution in [1.29, 1.82) is 0 Å². The number of carbonyl (C=O) groups excluding carboxylic acids is 1. The van der Waals surface area contributed by atoms with Crippen LogP contribution >= 0.6 is 0 Å². The van der Waals surface area contributed by atoms with E-state index in [2.05, 4.69) is 4.98 Å². The van der Waals surface area contributed by atoms with Gasteiger partial charge in [0.1, 0.15) is 0 Å². The lowest BCUT2D eigenvalue weighted by molar-refractivity contribution is 0.0459. The number of fused-ring (bicyclic) bond motifs is 1. The maximum atomic E-state index is 12.2. The molecule has 0 aliphatic rings. The molecule has 3 aromatic rings. The van der Waals surface area contributed by atoms with E-state index in [1.54, 1.807) is 30.3 Å². The summed E-state index contributed by atoms with van der Waals surface area (Å²) in [5.41, 5.74) is 0.580. The third kappa shape index (κ3) is 2.90. The van der Waals surface area contributed by atoms with Gasteiger partial charge in [0.15, 0.2) is 0 Å². The summed E-state index contributed by atoms with van der Waals surface area (Å²) in [6, 6.07) is 10.4. The molecule has 0 radical (unpaired) electrons. The SMILES string of the molecule is O=C(OCCCn1cnc2ccccc2c1=O)c1ccco1. The number of aryl methyl sites for hydroxylation is 1. The van der Waals surface area contributed by atoms with Crippen LogP contribution in [0.2, 0.25) is 0 Å². The average Bonchev–Trinajstić information content (AvgIpc) is 3.08. The number of aromatic nitrogens is 2. The Morgan fingerprint density at radius 2 is 2.09 bits per heavy atom. The second-order valence-electron chi connectivity index (χ2n) is 4.73. The van der Waals surface area contributed by atoms with Crippen molar-refractivity contribution in [2.24, 2.45) is 0 Å². The van der Waals surface area contributed by atoms with Crippen molar-refractivity contribution in [3.63, 3.8) is 0 Å². The Hall–Kier alpha value is -2.89. The van der Waals surface area contributed by atoms with Crippen LogP contribution in [0, 0.1) is 0 Å². The van der Waals surface area contributed by atoms with Crippen molar-refractivity contribution < 1.29 is 13.9 Å². The minimum atomic E-state index is -0.506. The highest BCUT2D eigenvalue weighted by Gasteiger charge is 2.09. The van der Waals surface area contributed by atoms with Gasteiger partial charge in [-0.25, -0.2) is 9.78 Å². The molecule has 0 amide bonds. The van der Waals surface area contributed by atoms with Gasteiger partial charge >= 0.3 is 5.97 Å². The molecule has 2 aromatic heterocycles. The van der Waals surface area contributed by atoms with Crippen molar-refractivity contribution in [2.45, 2.75) is 13.0 Å². The van der Waals surface area contributed by atoms with E-state index < -0.39 is 5.97 Å². The second-order valence-corrected chi connectivity index (χ2v) is 4.73. The summed E-state index contributed by atoms with van der Waals surface area (Å²) in [6.07, 6.45) is 3.45. The monoisotopic (exact) mass is 298 g/mol. The van der Waals surface area contributed by atoms with Gasteiger partial charge in [-0.2, -0.15) is 0 Å². The molecule has 0 bridgehead atoms. The minimum Gasteiger partial charge on any atom is -0.460 e. The molecule has 0 N–H and O–H groups in total. The Labute approximate surface area is 126 Å². The van der Waals surface area contributed by atoms with Crippen molar-refractivity contribution in [1.82, 2.24) is 9.55 Å². The van der Waals surface area contributed by atoms with Crippen LogP contribution in [-0.4, -0.2) is 22.1 Å². The van der Waals surface area contributed by atoms with Crippen LogP contribution in [0.15, 0.2) is 58.2 Å². The predicted molar refractivity (Wildman–Crippen MR) is 79.6 cm³/mol. The summed E-state index contributed by atoms with van der Waals surface area (Å²) in [6.45, 7) is 0.640. The first-order chi connectivity index (χ1) is 10.8. The molecule has 0 aliphatic carbocycles. The van der Waals surface area contributed by atoms with Crippen LogP contribution in [0.1, 0.15) is 17.0 Å². The van der Waals surface area contributed by atoms with Crippen molar-refractivity contribution in [2.75, 3.05) is 6.61 Å². The zero-order valence-electron chi connectivity index (χ0n) is 11.8. The Morgan fingerprint density at radius 3 is 2.91 bits per heavy atom. The first-order valence-electron chi connectivity index (χ1n) is 6.90. The van der Waals surface area contributed by atoms with Crippen molar-refractivity contribution >= 4 is 16.9 Å². The average molecular weight is 298 g/mol. The Morgan fingerprint density at radius 1 is 1.23 bits per heavy atom. The van der Waals surface area contributed by atoms with E-state index in [0.29, 0.717) is 23.9 Å². The van der Waals surface area contributed by atoms with Crippen LogP contribution in [0.4, 0.5) is 0 Å². The number of hydrogen-bond donors (Lipinski definition) is 0. The largest absolute Gasteiger partial charge is 0.460 e. The minimum absolute atomic E-state index is 0.0945. The summed E-state index contributed by atoms with van der Waals surface area (Å²) < 4.78 is 11.5. The molecule has 112 valence electrons. The number of hydrogen-bond acceptors (Lipinski definition) is 5. The zero-order chi connectivity index (χ0) is 15.4. The molecule has 0 unspecified atom stereocenters. The van der Waals surface area contributed by atoms with Gasteiger partial charge in [-0.15, -0.1) is 0 Å². The lowest BCUT2D eigenvalue weighted by Crippen LogP contribution is -2.21. The smallest absolute Gasteiger partial charge is 0.374 e. The third-order valence-electron chi connectivity index (χ3n) is 3.23. The van der Waals surface area contributed by atoms with Gasteiger partial charge in [0.2, 0.25) is 5.76 Å². The Kier molecular flexibility index (Phi) is 4.00. The van der Waals surface area contributed by atoms with E-state index in [0.717, 1.165) is 0 Å². The number of ether oxygens (including phenoxy) is 1. The highest BCUT2D eigenvalue weighted by molar-refractivity contribution is 5.86. The van der Waals surface area contributed by atoms with E-state index in [1.165, 1.54) is 17.2 Å². The Bertz CT molecular complexity index is 837. The molecule has 0 aliphatic heterocycles. The van der Waals surface area contributed by atoms with E-state index in [9.17, 15) is 9.59 Å². The molecule has 22 heavy (non-hydrogen) atoms. The zero-order valence-corrected chi connectivity index (χ0v) is 11.8. The summed E-state index contributed by atoms with van der Waals surface area (Å²) in [4.78, 5) is 28.0. The second kappa shape index (κ2) is 6.26. The molecule has 6 nitrogen and oxygen atoms in total. The standard InChI is InChI=1S/C16H14N2O4/c19-15-12-5-1-2-6-13(12)17-11-18(15)8-4-10-22-16(20)14-7-3-9-21-14/h1-3,5-7,9,11H,4,8,10H2. The van der Waals surface area contributed by atoms with Crippen LogP contribution in [0.5, 0.6) is 0 Å². The molecular weight excluding hydrogens is 284 g/mol. The predicted octanol–water partition coefficient (Wildman–Crippen LogP) is 2.24. The van der Waals surface area contributed by atoms with Crippen LogP contribution in [-0.2, 0) is 11.3 Å². The summed E-state index contributed by atoms with van der Waals surface area (Å²) in [5, 5.41) is 0.581. The molecule has 6 heteroatoms. The lowest BCUT2D eigenvalue weighted by Gasteiger charge is -2.07. The lowest BCUT2D eigenvalue weighted by atomic mass is 10.2. The van der Waals surface area contributed by atoms with E-state index in [4.69, 9.17) is 9.15 Å². The van der Waals surface area contributed by atoms with Gasteiger partial charge in [-0.3, -0.25) is 9.36 Å². The van der Waals surface area contributed by atoms with Crippen LogP contribution in [0.3, 0.4) is 0 Å². The molecular formula is C16H14N2O4. The summed E-state index contributed by atoms with van der Waals surface area (Å²) >= 11 is 0. The fourth-order valence-electron chi connectivity index (χ4n) is 2.13. The highest BCUT2D eigenvalue weighted by atomic mass is 16.5. The highest BCUT2D eigenvalue weighted by Crippen LogP contribution is 2.05. The maximum Gasteiger partial charge on any atom is 0.374 e. The van der Waals surface area contributed by atoms with E-state index in [1.807, 2.05) is 6.07 Å². The summed E-state index contributed by atoms with van der Waals surface area (Å²) in [5.74, 6) is -0.335. The molecule has 1 aromatic carbocycles. The van der Waals surface area contributed by atoms with Gasteiger partial charge in [0, 0.05) is 6.54 Å². The number of esters is 1. The number of para-hydroxylation sites is 1. The molecule has 0 saturated heterocycles. The molecule has 2 heterocycles. The molecule has 0 fully saturated rings. The number of carbonyl (C=O) groups is 1. The van der Waals surface area contributed by atoms with Gasteiger partial charge < -0.3 is 9.15 Å². The van der Waals surface area contributed by atoms with Crippen LogP contribution in [0.25, 0.3) is 10.9 Å². The Balaban J connectivity index is 1.59. The van der Waals surface area contributed by atoms with Crippen LogP contribution < -0.4 is 5.56 Å². The molecule has 0 atom stereocenters. The van der Waals surface area contributed by atoms with Gasteiger partial charge in [-0.1, -0.05) is 12.1 Å². The number of furan rings is 1. The molecule has 0 saturated carbocycles. The first-order valence-corrected chi connectivity index (χ1v) is 6.90. The maximum absolute atomic E-state index is 12.2. The van der Waals surface area contributed by atoms with Gasteiger partial charge in [0.25, 0.3) is 5.56 Å². The van der Waals surface area contributed by atoms with Gasteiger partial charge in [0.05, 0.1) is 30.1 Å². The topological polar surface area (TPSA) is 74.3 Å². The number of benzene rings is 1. The normalized spacial score (nSPS) is 10.7. The van der Waals surface area contributed by atoms with Crippen molar-refractivity contribution in [3.05, 3.63) is 65.1 Å². The fourth-order valence-corrected chi connectivity index (χ4v) is 2.13. The quantitative estimate of drug-likeness (QED) is 0.533. The third-order valence-corrected chi connectivity index (χ3v) is 3.23. The number of nitrogens with zero attached hydrogens (tertiary/aromatic N) is 2. The van der Waals surface area contributed by atoms with Gasteiger partial charge in [-0.05, 0) is 30.7 Å². The molecule has 3 rings (SSSR count). The van der Waals surface area contributed by atoms with E-state index >= 15 is 0 Å². The van der Waals surface area contributed by atoms with Crippen molar-refractivity contribution in [3.8, 4) is 0 Å². The summed E-state index contributed by atoms with van der Waals surface area (Å²) in [7, 11) is 0. The fraction of sp³-hybridized carbons (Fsp3) is 0.188.